The number of carbonyl (C=O) groups excluding carboxylic acids is 1. The van der Waals surface area contributed by atoms with Crippen molar-refractivity contribution in [3.05, 3.63) is 29.8 Å². The Morgan fingerprint density at radius 1 is 1.42 bits per heavy atom. The molecule has 6 heteroatoms. The van der Waals surface area contributed by atoms with Crippen molar-refractivity contribution >= 4 is 29.3 Å². The van der Waals surface area contributed by atoms with Gasteiger partial charge in [-0.3, -0.25) is 4.79 Å². The van der Waals surface area contributed by atoms with Crippen LogP contribution in [0.15, 0.2) is 24.3 Å². The molecular formula is C13H18N2O3S. The summed E-state index contributed by atoms with van der Waals surface area (Å²) in [4.78, 5) is 24.6. The Balaban J connectivity index is 2.91. The average molecular weight is 282 g/mol. The lowest BCUT2D eigenvalue weighted by Crippen LogP contribution is -2.42. The molecule has 19 heavy (non-hydrogen) atoms. The maximum absolute atomic E-state index is 12.1. The van der Waals surface area contributed by atoms with Crippen LogP contribution >= 0.6 is 11.8 Å². The van der Waals surface area contributed by atoms with Crippen LogP contribution in [0.1, 0.15) is 16.8 Å². The molecule has 0 heterocycles. The van der Waals surface area contributed by atoms with Crippen LogP contribution in [0.4, 0.5) is 5.69 Å². The molecule has 0 unspecified atom stereocenters. The summed E-state index contributed by atoms with van der Waals surface area (Å²) in [6.45, 7) is 0. The number of anilines is 1. The largest absolute Gasteiger partial charge is 0.478 e. The van der Waals surface area contributed by atoms with E-state index in [1.807, 2.05) is 6.26 Å². The lowest BCUT2D eigenvalue weighted by Gasteiger charge is -2.22. The molecule has 0 bridgehead atoms. The maximum atomic E-state index is 12.1. The van der Waals surface area contributed by atoms with Gasteiger partial charge in [-0.05, 0) is 30.6 Å². The summed E-state index contributed by atoms with van der Waals surface area (Å²) in [7, 11) is 1.54. The molecule has 0 aromatic heterocycles. The summed E-state index contributed by atoms with van der Waals surface area (Å²) in [5, 5.41) is 9.10. The average Bonchev–Trinajstić information content (AvgIpc) is 2.42. The zero-order chi connectivity index (χ0) is 14.4. The SMILES string of the molecule is CSCC[C@H](N)C(=O)N(C)c1ccccc1C(=O)O. The van der Waals surface area contributed by atoms with Crippen molar-refractivity contribution in [2.24, 2.45) is 5.73 Å². The Kier molecular flexibility index (Phi) is 5.85. The van der Waals surface area contributed by atoms with Crippen molar-refractivity contribution in [3.8, 4) is 0 Å². The fourth-order valence-corrected chi connectivity index (χ4v) is 2.17. The molecule has 0 radical (unpaired) electrons. The smallest absolute Gasteiger partial charge is 0.337 e. The van der Waals surface area contributed by atoms with Gasteiger partial charge in [-0.15, -0.1) is 0 Å². The van der Waals surface area contributed by atoms with Crippen LogP contribution in [-0.2, 0) is 4.79 Å². The van der Waals surface area contributed by atoms with E-state index in [1.54, 1.807) is 37.0 Å². The Morgan fingerprint density at radius 2 is 2.05 bits per heavy atom. The van der Waals surface area contributed by atoms with Crippen molar-refractivity contribution in [2.75, 3.05) is 24.0 Å². The molecule has 0 fully saturated rings. The van der Waals surface area contributed by atoms with E-state index in [9.17, 15) is 9.59 Å². The minimum Gasteiger partial charge on any atom is -0.478 e. The zero-order valence-corrected chi connectivity index (χ0v) is 11.8. The standard InChI is InChI=1S/C13H18N2O3S/c1-15(12(16)10(14)7-8-19-2)11-6-4-3-5-9(11)13(17)18/h3-6,10H,7-8,14H2,1-2H3,(H,17,18)/t10-/m0/s1. The number of likely N-dealkylation sites (N-methyl/N-ethyl adjacent to an activating group) is 1. The summed E-state index contributed by atoms with van der Waals surface area (Å²) in [5.41, 5.74) is 6.27. The van der Waals surface area contributed by atoms with Crippen LogP contribution in [0.3, 0.4) is 0 Å². The third kappa shape index (κ3) is 3.97. The number of para-hydroxylation sites is 1. The minimum absolute atomic E-state index is 0.0930. The van der Waals surface area contributed by atoms with Gasteiger partial charge in [0.1, 0.15) is 0 Å². The Morgan fingerprint density at radius 3 is 2.63 bits per heavy atom. The zero-order valence-electron chi connectivity index (χ0n) is 11.0. The summed E-state index contributed by atoms with van der Waals surface area (Å²) in [6, 6.07) is 5.77. The van der Waals surface area contributed by atoms with E-state index < -0.39 is 12.0 Å². The first kappa shape index (κ1) is 15.5. The summed E-state index contributed by atoms with van der Waals surface area (Å²) in [5.74, 6) is -0.544. The van der Waals surface area contributed by atoms with Crippen molar-refractivity contribution < 1.29 is 14.7 Å². The molecule has 1 rings (SSSR count). The van der Waals surface area contributed by atoms with Gasteiger partial charge in [0.25, 0.3) is 0 Å². The Hall–Kier alpha value is -1.53. The lowest BCUT2D eigenvalue weighted by molar-refractivity contribution is -0.119. The van der Waals surface area contributed by atoms with Gasteiger partial charge in [0.05, 0.1) is 17.3 Å². The van der Waals surface area contributed by atoms with Crippen molar-refractivity contribution in [3.63, 3.8) is 0 Å². The van der Waals surface area contributed by atoms with Crippen LogP contribution in [0.25, 0.3) is 0 Å². The van der Waals surface area contributed by atoms with E-state index >= 15 is 0 Å². The van der Waals surface area contributed by atoms with Crippen LogP contribution < -0.4 is 10.6 Å². The van der Waals surface area contributed by atoms with Gasteiger partial charge >= 0.3 is 5.97 Å². The topological polar surface area (TPSA) is 83.6 Å². The highest BCUT2D eigenvalue weighted by atomic mass is 32.2. The second-order valence-corrected chi connectivity index (χ2v) is 5.09. The van der Waals surface area contributed by atoms with E-state index in [0.29, 0.717) is 12.1 Å². The van der Waals surface area contributed by atoms with Gasteiger partial charge in [-0.25, -0.2) is 4.79 Å². The van der Waals surface area contributed by atoms with Crippen molar-refractivity contribution in [1.82, 2.24) is 0 Å². The first-order chi connectivity index (χ1) is 8.99. The molecule has 0 aliphatic heterocycles. The molecule has 0 aliphatic carbocycles. The second-order valence-electron chi connectivity index (χ2n) is 4.11. The number of hydrogen-bond donors (Lipinski definition) is 2. The molecule has 1 atom stereocenters. The first-order valence-corrected chi connectivity index (χ1v) is 7.22. The second kappa shape index (κ2) is 7.16. The quantitative estimate of drug-likeness (QED) is 0.824. The highest BCUT2D eigenvalue weighted by Gasteiger charge is 2.22. The summed E-state index contributed by atoms with van der Waals surface area (Å²) in [6.07, 6.45) is 2.51. The number of amides is 1. The number of thioether (sulfide) groups is 1. The van der Waals surface area contributed by atoms with Crippen LogP contribution in [0.5, 0.6) is 0 Å². The van der Waals surface area contributed by atoms with Crippen LogP contribution in [-0.4, -0.2) is 42.1 Å². The van der Waals surface area contributed by atoms with Gasteiger partial charge in [0.2, 0.25) is 5.91 Å². The number of nitrogens with zero attached hydrogens (tertiary/aromatic N) is 1. The molecule has 0 saturated heterocycles. The van der Waals surface area contributed by atoms with Crippen molar-refractivity contribution in [2.45, 2.75) is 12.5 Å². The predicted octanol–water partition coefficient (Wildman–Crippen LogP) is 1.43. The van der Waals surface area contributed by atoms with Gasteiger partial charge in [0.15, 0.2) is 0 Å². The molecule has 0 spiro atoms. The van der Waals surface area contributed by atoms with Crippen LogP contribution in [0.2, 0.25) is 0 Å². The van der Waals surface area contributed by atoms with Crippen molar-refractivity contribution in [1.29, 1.82) is 0 Å². The van der Waals surface area contributed by atoms with Gasteiger partial charge in [-0.1, -0.05) is 12.1 Å². The van der Waals surface area contributed by atoms with E-state index in [2.05, 4.69) is 0 Å². The lowest BCUT2D eigenvalue weighted by atomic mass is 10.1. The highest BCUT2D eigenvalue weighted by Crippen LogP contribution is 2.20. The number of carboxylic acid groups (broad SMARTS) is 1. The van der Waals surface area contributed by atoms with E-state index in [0.717, 1.165) is 5.75 Å². The molecule has 1 amide bonds. The Labute approximate surface area is 116 Å². The highest BCUT2D eigenvalue weighted by molar-refractivity contribution is 7.98. The number of rotatable bonds is 6. The molecule has 0 saturated carbocycles. The number of nitrogens with two attached hydrogens (primary N) is 1. The van der Waals surface area contributed by atoms with E-state index in [1.165, 1.54) is 11.0 Å². The number of carbonyl (C=O) groups is 2. The molecule has 1 aromatic rings. The summed E-state index contributed by atoms with van der Waals surface area (Å²) >= 11 is 1.62. The third-order valence-electron chi connectivity index (χ3n) is 2.78. The number of benzene rings is 1. The monoisotopic (exact) mass is 282 g/mol. The van der Waals surface area contributed by atoms with E-state index in [-0.39, 0.29) is 11.5 Å². The fraction of sp³-hybridized carbons (Fsp3) is 0.385. The minimum atomic E-state index is -1.06. The summed E-state index contributed by atoms with van der Waals surface area (Å²) < 4.78 is 0. The molecule has 5 nitrogen and oxygen atoms in total. The predicted molar refractivity (Wildman–Crippen MR) is 77.8 cm³/mol. The van der Waals surface area contributed by atoms with Gasteiger partial charge < -0.3 is 15.7 Å². The number of hydrogen-bond acceptors (Lipinski definition) is 4. The fourth-order valence-electron chi connectivity index (χ4n) is 1.68. The molecule has 1 aromatic carbocycles. The van der Waals surface area contributed by atoms with Gasteiger partial charge in [-0.2, -0.15) is 11.8 Å². The van der Waals surface area contributed by atoms with Gasteiger partial charge in [0, 0.05) is 7.05 Å². The molecular weight excluding hydrogens is 264 g/mol. The molecule has 104 valence electrons. The van der Waals surface area contributed by atoms with Crippen LogP contribution in [0, 0.1) is 0 Å². The first-order valence-electron chi connectivity index (χ1n) is 5.83. The normalized spacial score (nSPS) is 11.9. The number of aromatic carboxylic acids is 1. The number of carboxylic acids is 1. The molecule has 3 N–H and O–H groups in total. The maximum Gasteiger partial charge on any atom is 0.337 e. The van der Waals surface area contributed by atoms with E-state index in [4.69, 9.17) is 10.8 Å². The molecule has 0 aliphatic rings. The Bertz CT molecular complexity index is 465. The third-order valence-corrected chi connectivity index (χ3v) is 3.42.